The van der Waals surface area contributed by atoms with Crippen molar-refractivity contribution in [3.8, 4) is 6.07 Å². The van der Waals surface area contributed by atoms with Gasteiger partial charge < -0.3 is 0 Å². The van der Waals surface area contributed by atoms with Crippen LogP contribution in [-0.2, 0) is 0 Å². The summed E-state index contributed by atoms with van der Waals surface area (Å²) in [5, 5.41) is 8.95. The van der Waals surface area contributed by atoms with Gasteiger partial charge in [-0.3, -0.25) is 0 Å². The summed E-state index contributed by atoms with van der Waals surface area (Å²) in [5.41, 5.74) is 5.21. The minimum atomic E-state index is 0.239. The van der Waals surface area contributed by atoms with Crippen LogP contribution in [0, 0.1) is 16.7 Å². The van der Waals surface area contributed by atoms with E-state index < -0.39 is 0 Å². The maximum Gasteiger partial charge on any atom is 0.121 e. The summed E-state index contributed by atoms with van der Waals surface area (Å²) in [7, 11) is 0. The first-order valence-corrected chi connectivity index (χ1v) is 8.15. The Balaban J connectivity index is 2.84. The second-order valence-electron chi connectivity index (χ2n) is 6.64. The molecule has 0 unspecified atom stereocenters. The summed E-state index contributed by atoms with van der Waals surface area (Å²) >= 11 is 5.77. The average Bonchev–Trinajstić information content (AvgIpc) is 2.45. The van der Waals surface area contributed by atoms with Gasteiger partial charge in [0.1, 0.15) is 11.1 Å². The van der Waals surface area contributed by atoms with Crippen molar-refractivity contribution in [1.29, 1.82) is 5.26 Å². The molecule has 0 radical (unpaired) electrons. The first-order chi connectivity index (χ1) is 10.3. The third-order valence-corrected chi connectivity index (χ3v) is 4.59. The van der Waals surface area contributed by atoms with Crippen molar-refractivity contribution < 1.29 is 0 Å². The van der Waals surface area contributed by atoms with E-state index in [1.54, 1.807) is 0 Å². The Morgan fingerprint density at radius 2 is 1.95 bits per heavy atom. The molecule has 1 rings (SSSR count). The van der Waals surface area contributed by atoms with Crippen molar-refractivity contribution in [2.75, 3.05) is 0 Å². The zero-order chi connectivity index (χ0) is 16.8. The molecule has 0 bridgehead atoms. The number of halogens is 1. The van der Waals surface area contributed by atoms with Crippen LogP contribution >= 0.6 is 11.6 Å². The molecule has 0 aromatic carbocycles. The summed E-state index contributed by atoms with van der Waals surface area (Å²) in [4.78, 5) is 0. The second kappa shape index (κ2) is 8.20. The molecule has 22 heavy (non-hydrogen) atoms. The van der Waals surface area contributed by atoms with Gasteiger partial charge in [-0.05, 0) is 56.6 Å². The molecule has 118 valence electrons. The maximum absolute atomic E-state index is 8.71. The molecule has 2 heteroatoms. The van der Waals surface area contributed by atoms with Gasteiger partial charge in [0, 0.05) is 0 Å². The number of rotatable bonds is 4. The molecule has 1 aliphatic rings. The lowest BCUT2D eigenvalue weighted by Crippen LogP contribution is -2.19. The van der Waals surface area contributed by atoms with Gasteiger partial charge in [-0.2, -0.15) is 5.26 Å². The van der Waals surface area contributed by atoms with E-state index in [2.05, 4.69) is 39.8 Å². The molecule has 0 amide bonds. The van der Waals surface area contributed by atoms with E-state index in [4.69, 9.17) is 16.9 Å². The van der Waals surface area contributed by atoms with Crippen molar-refractivity contribution in [3.63, 3.8) is 0 Å². The molecule has 0 aliphatic heterocycles. The third-order valence-electron chi connectivity index (χ3n) is 4.21. The Morgan fingerprint density at radius 1 is 1.27 bits per heavy atom. The standard InChI is InChI=1S/C20H26ClN/c1-15(8-6-9-17(3)19(21)14-22)11-12-18-16(2)10-7-13-20(18,4)5/h6,8-9,11-12H,7,10,13H2,1-5H3/b9-6-,12-11+,15-8+,19-17-. The van der Waals surface area contributed by atoms with E-state index in [1.807, 2.05) is 31.2 Å². The molecule has 0 aromatic rings. The van der Waals surface area contributed by atoms with Crippen molar-refractivity contribution in [2.24, 2.45) is 5.41 Å². The zero-order valence-electron chi connectivity index (χ0n) is 14.3. The summed E-state index contributed by atoms with van der Waals surface area (Å²) in [5.74, 6) is 0. The van der Waals surface area contributed by atoms with Gasteiger partial charge in [0.15, 0.2) is 0 Å². The van der Waals surface area contributed by atoms with Gasteiger partial charge in [0.2, 0.25) is 0 Å². The fourth-order valence-electron chi connectivity index (χ4n) is 2.79. The Kier molecular flexibility index (Phi) is 6.91. The van der Waals surface area contributed by atoms with Gasteiger partial charge in [-0.25, -0.2) is 0 Å². The van der Waals surface area contributed by atoms with Crippen LogP contribution in [0.4, 0.5) is 0 Å². The molecule has 0 saturated carbocycles. The summed E-state index contributed by atoms with van der Waals surface area (Å²) in [6.45, 7) is 10.8. The van der Waals surface area contributed by atoms with E-state index >= 15 is 0 Å². The van der Waals surface area contributed by atoms with Crippen LogP contribution in [0.1, 0.15) is 53.9 Å². The van der Waals surface area contributed by atoms with Crippen LogP contribution in [0.3, 0.4) is 0 Å². The minimum absolute atomic E-state index is 0.239. The summed E-state index contributed by atoms with van der Waals surface area (Å²) in [6, 6.07) is 1.94. The first-order valence-electron chi connectivity index (χ1n) is 7.77. The number of hydrogen-bond donors (Lipinski definition) is 0. The van der Waals surface area contributed by atoms with E-state index in [-0.39, 0.29) is 10.4 Å². The Morgan fingerprint density at radius 3 is 2.55 bits per heavy atom. The number of nitriles is 1. The van der Waals surface area contributed by atoms with Crippen LogP contribution in [0.2, 0.25) is 0 Å². The Bertz CT molecular complexity index is 604. The topological polar surface area (TPSA) is 23.8 Å². The molecule has 1 aliphatic carbocycles. The number of nitrogens with zero attached hydrogens (tertiary/aromatic N) is 1. The zero-order valence-corrected chi connectivity index (χ0v) is 15.1. The van der Waals surface area contributed by atoms with Crippen LogP contribution in [-0.4, -0.2) is 0 Å². The van der Waals surface area contributed by atoms with Crippen molar-refractivity contribution in [2.45, 2.75) is 53.9 Å². The minimum Gasteiger partial charge on any atom is -0.191 e. The van der Waals surface area contributed by atoms with E-state index in [0.29, 0.717) is 0 Å². The summed E-state index contributed by atoms with van der Waals surface area (Å²) < 4.78 is 0. The molecule has 0 N–H and O–H groups in total. The highest BCUT2D eigenvalue weighted by Gasteiger charge is 2.26. The van der Waals surface area contributed by atoms with Crippen LogP contribution in [0.25, 0.3) is 0 Å². The van der Waals surface area contributed by atoms with Crippen molar-refractivity contribution in [1.82, 2.24) is 0 Å². The highest BCUT2D eigenvalue weighted by molar-refractivity contribution is 6.32. The number of hydrogen-bond acceptors (Lipinski definition) is 1. The second-order valence-corrected chi connectivity index (χ2v) is 7.02. The van der Waals surface area contributed by atoms with Crippen molar-refractivity contribution >= 4 is 11.6 Å². The molecule has 0 fully saturated rings. The fourth-order valence-corrected chi connectivity index (χ4v) is 2.85. The summed E-state index contributed by atoms with van der Waals surface area (Å²) in [6.07, 6.45) is 14.0. The smallest absolute Gasteiger partial charge is 0.121 e. The third kappa shape index (κ3) is 5.35. The van der Waals surface area contributed by atoms with Crippen molar-refractivity contribution in [3.05, 3.63) is 57.7 Å². The highest BCUT2D eigenvalue weighted by Crippen LogP contribution is 2.40. The molecule has 0 spiro atoms. The van der Waals surface area contributed by atoms with Gasteiger partial charge in [-0.1, -0.05) is 67.0 Å². The van der Waals surface area contributed by atoms with Crippen LogP contribution in [0.5, 0.6) is 0 Å². The Labute approximate surface area is 140 Å². The highest BCUT2D eigenvalue weighted by atomic mass is 35.5. The monoisotopic (exact) mass is 315 g/mol. The molecule has 0 saturated heterocycles. The Hall–Kier alpha value is -1.52. The lowest BCUT2D eigenvalue weighted by molar-refractivity contribution is 0.377. The van der Waals surface area contributed by atoms with Crippen LogP contribution < -0.4 is 0 Å². The largest absolute Gasteiger partial charge is 0.191 e. The normalized spacial score (nSPS) is 20.5. The van der Waals surface area contributed by atoms with Crippen LogP contribution in [0.15, 0.2) is 57.7 Å². The molecule has 1 nitrogen and oxygen atoms in total. The van der Waals surface area contributed by atoms with E-state index in [1.165, 1.54) is 36.0 Å². The predicted octanol–water partition coefficient (Wildman–Crippen LogP) is 6.61. The molecule has 0 atom stereocenters. The maximum atomic E-state index is 8.71. The quantitative estimate of drug-likeness (QED) is 0.423. The van der Waals surface area contributed by atoms with Gasteiger partial charge in [-0.15, -0.1) is 0 Å². The predicted molar refractivity (Wildman–Crippen MR) is 96.5 cm³/mol. The fraction of sp³-hybridized carbons (Fsp3) is 0.450. The first kappa shape index (κ1) is 18.5. The molecule has 0 aromatic heterocycles. The van der Waals surface area contributed by atoms with E-state index in [0.717, 1.165) is 5.57 Å². The van der Waals surface area contributed by atoms with Gasteiger partial charge in [0.25, 0.3) is 0 Å². The van der Waals surface area contributed by atoms with Gasteiger partial charge in [0.05, 0.1) is 0 Å². The lowest BCUT2D eigenvalue weighted by Gasteiger charge is -2.32. The molecule has 0 heterocycles. The average molecular weight is 316 g/mol. The van der Waals surface area contributed by atoms with E-state index in [9.17, 15) is 0 Å². The molecular formula is C20H26ClN. The van der Waals surface area contributed by atoms with Gasteiger partial charge >= 0.3 is 0 Å². The SMILES string of the molecule is CC1=C(/C=C/C(C)=C/C=C\C(C)=C(/Cl)C#N)C(C)(C)CCC1. The molecular weight excluding hydrogens is 290 g/mol. The number of allylic oxidation sites excluding steroid dienone is 10. The lowest BCUT2D eigenvalue weighted by atomic mass is 9.72.